The maximum Gasteiger partial charge on any atom is 0.341 e. The summed E-state index contributed by atoms with van der Waals surface area (Å²) in [6.07, 6.45) is -0.976. The average molecular weight is 579 g/mol. The minimum absolute atomic E-state index is 0.00333. The van der Waals surface area contributed by atoms with Crippen LogP contribution in [0.5, 0.6) is 28.7 Å². The molecule has 0 saturated carbocycles. The first-order chi connectivity index (χ1) is 20.2. The van der Waals surface area contributed by atoms with Gasteiger partial charge in [0.25, 0.3) is 5.69 Å². The molecule has 3 aromatic rings. The topological polar surface area (TPSA) is 168 Å². The van der Waals surface area contributed by atoms with Crippen molar-refractivity contribution in [1.29, 1.82) is 0 Å². The van der Waals surface area contributed by atoms with Gasteiger partial charge in [-0.05, 0) is 41.5 Å². The lowest BCUT2D eigenvalue weighted by molar-refractivity contribution is -0.384. The molecular formula is C29H26N2O11. The van der Waals surface area contributed by atoms with Gasteiger partial charge in [0, 0.05) is 35.2 Å². The van der Waals surface area contributed by atoms with Gasteiger partial charge in [-0.25, -0.2) is 4.79 Å². The van der Waals surface area contributed by atoms with E-state index in [-0.39, 0.29) is 30.3 Å². The number of fused-ring (bicyclic) bond motifs is 3. The average Bonchev–Trinajstić information content (AvgIpc) is 3.61. The molecule has 1 fully saturated rings. The summed E-state index contributed by atoms with van der Waals surface area (Å²) >= 11 is 0. The Labute approximate surface area is 239 Å². The molecule has 218 valence electrons. The van der Waals surface area contributed by atoms with Gasteiger partial charge >= 0.3 is 11.9 Å². The molecule has 0 aromatic heterocycles. The van der Waals surface area contributed by atoms with E-state index in [1.54, 1.807) is 24.3 Å². The third-order valence-electron chi connectivity index (χ3n) is 7.87. The van der Waals surface area contributed by atoms with Gasteiger partial charge < -0.3 is 38.9 Å². The summed E-state index contributed by atoms with van der Waals surface area (Å²) in [5, 5.41) is 11.3. The van der Waals surface area contributed by atoms with Crippen molar-refractivity contribution in [2.45, 2.75) is 12.0 Å². The number of anilines is 1. The summed E-state index contributed by atoms with van der Waals surface area (Å²) in [5.41, 5.74) is 7.40. The van der Waals surface area contributed by atoms with E-state index in [9.17, 15) is 19.7 Å². The van der Waals surface area contributed by atoms with E-state index >= 15 is 0 Å². The summed E-state index contributed by atoms with van der Waals surface area (Å²) in [6.45, 7) is -0.0304. The zero-order valence-electron chi connectivity index (χ0n) is 22.8. The van der Waals surface area contributed by atoms with Crippen LogP contribution in [0.2, 0.25) is 0 Å². The Hall–Kier alpha value is -5.20. The summed E-state index contributed by atoms with van der Waals surface area (Å²) in [5.74, 6) is -1.25. The van der Waals surface area contributed by atoms with Gasteiger partial charge in [-0.3, -0.25) is 14.9 Å². The van der Waals surface area contributed by atoms with Crippen LogP contribution in [0.25, 0.3) is 0 Å². The highest BCUT2D eigenvalue weighted by Crippen LogP contribution is 2.56. The molecule has 2 N–H and O–H groups in total. The minimum Gasteiger partial charge on any atom is -0.493 e. The van der Waals surface area contributed by atoms with Crippen LogP contribution in [0.15, 0.2) is 42.5 Å². The first-order valence-corrected chi connectivity index (χ1v) is 12.9. The van der Waals surface area contributed by atoms with Gasteiger partial charge in [0.2, 0.25) is 12.5 Å². The minimum atomic E-state index is -0.976. The van der Waals surface area contributed by atoms with Crippen LogP contribution in [-0.2, 0) is 14.3 Å². The molecule has 3 aliphatic rings. The number of hydrogen-bond donors (Lipinski definition) is 1. The number of hydrogen-bond acceptors (Lipinski definition) is 12. The van der Waals surface area contributed by atoms with Crippen molar-refractivity contribution >= 4 is 23.3 Å². The van der Waals surface area contributed by atoms with Crippen LogP contribution in [0.1, 0.15) is 39.1 Å². The smallest absolute Gasteiger partial charge is 0.341 e. The molecule has 4 atom stereocenters. The fourth-order valence-corrected chi connectivity index (χ4v) is 5.96. The number of carbonyl (C=O) groups excluding carboxylic acids is 2. The molecule has 13 heteroatoms. The number of nitrogens with two attached hydrogens (primary N) is 1. The molecule has 0 bridgehead atoms. The number of nitrogen functional groups attached to an aromatic ring is 1. The summed E-state index contributed by atoms with van der Waals surface area (Å²) in [6, 6.07) is 10.5. The lowest BCUT2D eigenvalue weighted by atomic mass is 9.66. The van der Waals surface area contributed by atoms with E-state index < -0.39 is 40.7 Å². The van der Waals surface area contributed by atoms with Gasteiger partial charge in [-0.15, -0.1) is 0 Å². The van der Waals surface area contributed by atoms with Crippen molar-refractivity contribution in [1.82, 2.24) is 0 Å². The Morgan fingerprint density at radius 1 is 0.952 bits per heavy atom. The first-order valence-electron chi connectivity index (χ1n) is 12.9. The molecule has 2 heterocycles. The molecule has 3 aromatic carbocycles. The fraction of sp³-hybridized carbons (Fsp3) is 0.310. The molecular weight excluding hydrogens is 552 g/mol. The monoisotopic (exact) mass is 578 g/mol. The Balaban J connectivity index is 1.51. The van der Waals surface area contributed by atoms with Crippen LogP contribution in [0.4, 0.5) is 11.4 Å². The predicted octanol–water partition coefficient (Wildman–Crippen LogP) is 3.76. The van der Waals surface area contributed by atoms with Gasteiger partial charge in [0.1, 0.15) is 6.10 Å². The molecule has 0 amide bonds. The number of methoxy groups -OCH3 is 3. The Morgan fingerprint density at radius 3 is 2.24 bits per heavy atom. The number of cyclic esters (lactones) is 1. The van der Waals surface area contributed by atoms with Crippen LogP contribution < -0.4 is 29.4 Å². The predicted molar refractivity (Wildman–Crippen MR) is 144 cm³/mol. The highest BCUT2D eigenvalue weighted by atomic mass is 16.7. The zero-order valence-corrected chi connectivity index (χ0v) is 22.8. The maximum absolute atomic E-state index is 13.5. The van der Waals surface area contributed by atoms with Crippen LogP contribution in [-0.4, -0.2) is 51.6 Å². The van der Waals surface area contributed by atoms with Gasteiger partial charge in [-0.1, -0.05) is 0 Å². The van der Waals surface area contributed by atoms with Gasteiger partial charge in [-0.2, -0.15) is 0 Å². The lowest BCUT2D eigenvalue weighted by Gasteiger charge is -2.38. The summed E-state index contributed by atoms with van der Waals surface area (Å²) in [4.78, 5) is 37.5. The number of ether oxygens (including phenoxy) is 7. The largest absolute Gasteiger partial charge is 0.493 e. The zero-order chi connectivity index (χ0) is 29.7. The molecule has 0 radical (unpaired) electrons. The highest BCUT2D eigenvalue weighted by molar-refractivity contribution is 5.96. The van der Waals surface area contributed by atoms with Crippen molar-refractivity contribution in [2.24, 2.45) is 11.8 Å². The number of rotatable bonds is 7. The standard InChI is InChI=1S/C29H26N2O11/c1-36-22-6-13(7-23(37-2)27(22)38-3)24-15-9-20-21(41-12-40-20)10-16(15)26(18-11-39-29(33)25(18)24)42-28(32)17-8-14(31(34)35)4-5-19(17)30/h4-10,18,24-26H,11-12,30H2,1-3H3/t18-,24+,25-,26-/m0/s1. The number of carbonyl (C=O) groups is 2. The molecule has 13 nitrogen and oxygen atoms in total. The third-order valence-corrected chi connectivity index (χ3v) is 7.87. The third kappa shape index (κ3) is 4.24. The number of nitro groups is 1. The fourth-order valence-electron chi connectivity index (χ4n) is 5.96. The van der Waals surface area contributed by atoms with Crippen molar-refractivity contribution < 1.29 is 47.7 Å². The van der Waals surface area contributed by atoms with E-state index in [0.29, 0.717) is 45.4 Å². The molecule has 1 aliphatic carbocycles. The molecule has 6 rings (SSSR count). The molecule has 0 unspecified atom stereocenters. The van der Waals surface area contributed by atoms with Gasteiger partial charge in [0.05, 0.1) is 44.3 Å². The molecule has 2 aliphatic heterocycles. The van der Waals surface area contributed by atoms with Crippen LogP contribution in [0, 0.1) is 22.0 Å². The Bertz CT molecular complexity index is 1600. The quantitative estimate of drug-likeness (QED) is 0.187. The molecule has 1 saturated heterocycles. The number of non-ortho nitro benzene ring substituents is 1. The van der Waals surface area contributed by atoms with E-state index in [4.69, 9.17) is 38.9 Å². The first kappa shape index (κ1) is 27.0. The maximum atomic E-state index is 13.5. The van der Waals surface area contributed by atoms with Crippen molar-refractivity contribution in [3.8, 4) is 28.7 Å². The second-order valence-electron chi connectivity index (χ2n) is 9.94. The van der Waals surface area contributed by atoms with Crippen molar-refractivity contribution in [3.63, 3.8) is 0 Å². The Kier molecular flexibility index (Phi) is 6.64. The second kappa shape index (κ2) is 10.3. The van der Waals surface area contributed by atoms with E-state index in [1.165, 1.54) is 33.5 Å². The van der Waals surface area contributed by atoms with E-state index in [0.717, 1.165) is 6.07 Å². The number of esters is 2. The van der Waals surface area contributed by atoms with Gasteiger partial charge in [0.15, 0.2) is 23.0 Å². The molecule has 42 heavy (non-hydrogen) atoms. The number of benzene rings is 3. The van der Waals surface area contributed by atoms with Crippen LogP contribution >= 0.6 is 0 Å². The summed E-state index contributed by atoms with van der Waals surface area (Å²) < 4.78 is 39.5. The van der Waals surface area contributed by atoms with E-state index in [1.807, 2.05) is 0 Å². The Morgan fingerprint density at radius 2 is 1.62 bits per heavy atom. The van der Waals surface area contributed by atoms with Crippen LogP contribution in [0.3, 0.4) is 0 Å². The van der Waals surface area contributed by atoms with Crippen molar-refractivity contribution in [2.75, 3.05) is 40.5 Å². The number of nitrogens with zero attached hydrogens (tertiary/aromatic N) is 1. The highest BCUT2D eigenvalue weighted by Gasteiger charge is 2.54. The molecule has 0 spiro atoms. The SMILES string of the molecule is COc1cc([C@@H]2c3cc4c(cc3[C@H](OC(=O)c3cc([N+](=O)[O-])ccc3N)[C@H]3COC(=O)[C@H]23)OCO4)cc(OC)c1OC. The second-order valence-corrected chi connectivity index (χ2v) is 9.94. The van der Waals surface area contributed by atoms with Crippen molar-refractivity contribution in [3.05, 3.63) is 74.8 Å². The normalized spacial score (nSPS) is 21.5. The lowest BCUT2D eigenvalue weighted by Crippen LogP contribution is -2.36. The number of nitro benzene ring substituents is 1. The summed E-state index contributed by atoms with van der Waals surface area (Å²) in [7, 11) is 4.49. The van der Waals surface area contributed by atoms with E-state index in [2.05, 4.69) is 0 Å².